The third-order valence-corrected chi connectivity index (χ3v) is 3.95. The van der Waals surface area contributed by atoms with Gasteiger partial charge in [-0.1, -0.05) is 18.2 Å². The van der Waals surface area contributed by atoms with Crippen LogP contribution >= 0.6 is 0 Å². The molecule has 7 heteroatoms. The molecule has 7 nitrogen and oxygen atoms in total. The van der Waals surface area contributed by atoms with Crippen molar-refractivity contribution < 1.29 is 14.3 Å². The van der Waals surface area contributed by atoms with Crippen molar-refractivity contribution in [1.82, 2.24) is 15.1 Å². The Morgan fingerprint density at radius 1 is 1.35 bits per heavy atom. The minimum atomic E-state index is -0.548. The number of para-hydroxylation sites is 1. The van der Waals surface area contributed by atoms with Crippen molar-refractivity contribution in [2.45, 2.75) is 18.9 Å². The molecule has 120 valence electrons. The molecule has 3 N–H and O–H groups in total. The van der Waals surface area contributed by atoms with E-state index in [9.17, 15) is 9.59 Å². The number of amides is 2. The van der Waals surface area contributed by atoms with Crippen LogP contribution in [0.5, 0.6) is 5.75 Å². The molecule has 1 aliphatic heterocycles. The van der Waals surface area contributed by atoms with E-state index in [0.29, 0.717) is 23.6 Å². The van der Waals surface area contributed by atoms with Crippen LogP contribution in [0.2, 0.25) is 0 Å². The lowest BCUT2D eigenvalue weighted by Crippen LogP contribution is -2.35. The van der Waals surface area contributed by atoms with E-state index in [1.54, 1.807) is 17.0 Å². The Bertz CT molecular complexity index is 698. The number of hydrogen-bond acceptors (Lipinski definition) is 4. The molecule has 0 radical (unpaired) electrons. The third kappa shape index (κ3) is 3.18. The Morgan fingerprint density at radius 3 is 2.87 bits per heavy atom. The van der Waals surface area contributed by atoms with Crippen molar-refractivity contribution >= 4 is 11.8 Å². The fourth-order valence-electron chi connectivity index (χ4n) is 2.86. The summed E-state index contributed by atoms with van der Waals surface area (Å²) >= 11 is 0. The van der Waals surface area contributed by atoms with E-state index < -0.39 is 5.91 Å². The molecule has 1 fully saturated rings. The molecule has 1 aliphatic rings. The number of aromatic amines is 1. The summed E-state index contributed by atoms with van der Waals surface area (Å²) < 4.78 is 5.51. The first-order valence-electron chi connectivity index (χ1n) is 7.47. The molecule has 1 atom stereocenters. The number of nitrogens with two attached hydrogens (primary N) is 1. The number of nitrogens with one attached hydrogen (secondary N) is 1. The van der Waals surface area contributed by atoms with Crippen LogP contribution in [0.25, 0.3) is 0 Å². The molecule has 0 bridgehead atoms. The van der Waals surface area contributed by atoms with Gasteiger partial charge in [0, 0.05) is 6.54 Å². The van der Waals surface area contributed by atoms with Crippen molar-refractivity contribution in [2.24, 2.45) is 5.73 Å². The van der Waals surface area contributed by atoms with Gasteiger partial charge in [-0.25, -0.2) is 0 Å². The summed E-state index contributed by atoms with van der Waals surface area (Å²) in [6.07, 6.45) is 3.03. The highest BCUT2D eigenvalue weighted by molar-refractivity contribution is 5.94. The normalized spacial score (nSPS) is 17.2. The predicted molar refractivity (Wildman–Crippen MR) is 82.7 cm³/mol. The van der Waals surface area contributed by atoms with Crippen molar-refractivity contribution in [1.29, 1.82) is 0 Å². The summed E-state index contributed by atoms with van der Waals surface area (Å²) in [5, 5.41) is 6.68. The first-order valence-corrected chi connectivity index (χ1v) is 7.47. The van der Waals surface area contributed by atoms with Crippen LogP contribution in [0, 0.1) is 0 Å². The Balaban J connectivity index is 1.70. The lowest BCUT2D eigenvalue weighted by atomic mass is 10.1. The Labute approximate surface area is 133 Å². The second-order valence-corrected chi connectivity index (χ2v) is 5.41. The monoisotopic (exact) mass is 314 g/mol. The number of primary amides is 1. The topological polar surface area (TPSA) is 101 Å². The average molecular weight is 314 g/mol. The summed E-state index contributed by atoms with van der Waals surface area (Å²) in [6.45, 7) is 0.583. The fraction of sp³-hybridized carbons (Fsp3) is 0.312. The maximum atomic E-state index is 12.5. The van der Waals surface area contributed by atoms with E-state index in [1.807, 2.05) is 18.2 Å². The molecule has 1 aromatic carbocycles. The Morgan fingerprint density at radius 2 is 2.13 bits per heavy atom. The number of benzene rings is 1. The summed E-state index contributed by atoms with van der Waals surface area (Å²) in [4.78, 5) is 25.6. The van der Waals surface area contributed by atoms with Gasteiger partial charge in [0.25, 0.3) is 11.8 Å². The molecule has 0 aliphatic carbocycles. The van der Waals surface area contributed by atoms with Crippen LogP contribution < -0.4 is 10.5 Å². The molecule has 1 aromatic heterocycles. The van der Waals surface area contributed by atoms with Gasteiger partial charge >= 0.3 is 0 Å². The lowest BCUT2D eigenvalue weighted by Gasteiger charge is -2.24. The van der Waals surface area contributed by atoms with E-state index in [0.717, 1.165) is 12.8 Å². The molecular weight excluding hydrogens is 296 g/mol. The number of carbonyl (C=O) groups is 2. The van der Waals surface area contributed by atoms with Crippen molar-refractivity contribution in [2.75, 3.05) is 13.2 Å². The van der Waals surface area contributed by atoms with Gasteiger partial charge in [0.05, 0.1) is 23.5 Å². The zero-order valence-corrected chi connectivity index (χ0v) is 12.6. The minimum absolute atomic E-state index is 0.0411. The number of nitrogens with zero attached hydrogens (tertiary/aromatic N) is 2. The first-order chi connectivity index (χ1) is 11.2. The third-order valence-electron chi connectivity index (χ3n) is 3.95. The molecule has 2 heterocycles. The second kappa shape index (κ2) is 6.51. The Hall–Kier alpha value is -2.83. The number of likely N-dealkylation sites (tertiary alicyclic amines) is 1. The maximum Gasteiger partial charge on any atom is 0.261 e. The van der Waals surface area contributed by atoms with Crippen LogP contribution in [0.3, 0.4) is 0 Å². The Kier molecular flexibility index (Phi) is 4.27. The van der Waals surface area contributed by atoms with Crippen molar-refractivity contribution in [3.8, 4) is 5.75 Å². The first kappa shape index (κ1) is 15.1. The van der Waals surface area contributed by atoms with Gasteiger partial charge in [-0.15, -0.1) is 0 Å². The number of ether oxygens (including phenoxy) is 1. The largest absolute Gasteiger partial charge is 0.484 e. The van der Waals surface area contributed by atoms with Crippen LogP contribution in [0.1, 0.15) is 34.9 Å². The molecule has 2 aromatic rings. The molecule has 1 saturated heterocycles. The van der Waals surface area contributed by atoms with Gasteiger partial charge in [-0.2, -0.15) is 5.10 Å². The van der Waals surface area contributed by atoms with Gasteiger partial charge in [-0.3, -0.25) is 14.7 Å². The summed E-state index contributed by atoms with van der Waals surface area (Å²) in [6, 6.07) is 8.97. The quantitative estimate of drug-likeness (QED) is 0.867. The highest BCUT2D eigenvalue weighted by Gasteiger charge is 2.33. The van der Waals surface area contributed by atoms with Crippen LogP contribution in [0.4, 0.5) is 0 Å². The van der Waals surface area contributed by atoms with Gasteiger partial charge in [0.15, 0.2) is 6.61 Å². The molecule has 3 rings (SSSR count). The van der Waals surface area contributed by atoms with Gasteiger partial charge in [0.1, 0.15) is 5.75 Å². The SMILES string of the molecule is NC(=O)c1cn[nH]c1[C@@H]1CCCN1C(=O)COc1ccccc1. The zero-order valence-electron chi connectivity index (χ0n) is 12.6. The highest BCUT2D eigenvalue weighted by atomic mass is 16.5. The van der Waals surface area contributed by atoms with E-state index >= 15 is 0 Å². The van der Waals surface area contributed by atoms with Crippen LogP contribution in [0.15, 0.2) is 36.5 Å². The maximum absolute atomic E-state index is 12.5. The summed E-state index contributed by atoms with van der Waals surface area (Å²) in [5.41, 5.74) is 6.29. The fourth-order valence-corrected chi connectivity index (χ4v) is 2.86. The molecular formula is C16H18N4O3. The van der Waals surface area contributed by atoms with Crippen LogP contribution in [-0.2, 0) is 4.79 Å². The predicted octanol–water partition coefficient (Wildman–Crippen LogP) is 1.25. The lowest BCUT2D eigenvalue weighted by molar-refractivity contribution is -0.134. The highest BCUT2D eigenvalue weighted by Crippen LogP contribution is 2.32. The van der Waals surface area contributed by atoms with E-state index in [2.05, 4.69) is 10.2 Å². The average Bonchev–Trinajstić information content (AvgIpc) is 3.21. The van der Waals surface area contributed by atoms with Gasteiger partial charge < -0.3 is 15.4 Å². The van der Waals surface area contributed by atoms with Crippen molar-refractivity contribution in [3.63, 3.8) is 0 Å². The number of H-pyrrole nitrogens is 1. The minimum Gasteiger partial charge on any atom is -0.484 e. The number of aromatic nitrogens is 2. The molecule has 0 unspecified atom stereocenters. The summed E-state index contributed by atoms with van der Waals surface area (Å²) in [7, 11) is 0. The van der Waals surface area contributed by atoms with E-state index in [-0.39, 0.29) is 18.6 Å². The second-order valence-electron chi connectivity index (χ2n) is 5.41. The molecule has 0 spiro atoms. The van der Waals surface area contributed by atoms with Gasteiger partial charge in [0.2, 0.25) is 0 Å². The van der Waals surface area contributed by atoms with E-state index in [4.69, 9.17) is 10.5 Å². The van der Waals surface area contributed by atoms with E-state index in [1.165, 1.54) is 6.20 Å². The number of carbonyl (C=O) groups excluding carboxylic acids is 2. The van der Waals surface area contributed by atoms with Crippen molar-refractivity contribution in [3.05, 3.63) is 47.8 Å². The number of hydrogen-bond donors (Lipinski definition) is 2. The molecule has 23 heavy (non-hydrogen) atoms. The van der Waals surface area contributed by atoms with Gasteiger partial charge in [-0.05, 0) is 25.0 Å². The summed E-state index contributed by atoms with van der Waals surface area (Å²) in [5.74, 6) is -0.0223. The molecule has 0 saturated carbocycles. The molecule has 2 amide bonds. The smallest absolute Gasteiger partial charge is 0.261 e. The standard InChI is InChI=1S/C16H18N4O3/c17-16(22)12-9-18-19-15(12)13-7-4-8-20(13)14(21)10-23-11-5-2-1-3-6-11/h1-3,5-6,9,13H,4,7-8,10H2,(H2,17,22)(H,18,19)/t13-/m0/s1. The van der Waals surface area contributed by atoms with Crippen LogP contribution in [-0.4, -0.2) is 40.1 Å². The number of rotatable bonds is 5. The zero-order chi connectivity index (χ0) is 16.2.